The maximum atomic E-state index is 12.4. The predicted octanol–water partition coefficient (Wildman–Crippen LogP) is 7.26. The molecule has 0 unspecified atom stereocenters. The number of benzene rings is 3. The van der Waals surface area contributed by atoms with Crippen LogP contribution in [0.25, 0.3) is 22.3 Å². The predicted molar refractivity (Wildman–Crippen MR) is 164 cm³/mol. The van der Waals surface area contributed by atoms with Gasteiger partial charge in [-0.25, -0.2) is 19.2 Å². The molecule has 0 aliphatic carbocycles. The Bertz CT molecular complexity index is 1710. The highest BCUT2D eigenvalue weighted by Gasteiger charge is 2.19. The molecule has 0 amide bonds. The molecular formula is C35H32O8. The zero-order valence-corrected chi connectivity index (χ0v) is 24.8. The lowest BCUT2D eigenvalue weighted by Crippen LogP contribution is -2.11. The summed E-state index contributed by atoms with van der Waals surface area (Å²) in [6.07, 6.45) is 0. The molecule has 0 heterocycles. The zero-order chi connectivity index (χ0) is 32.0. The van der Waals surface area contributed by atoms with E-state index >= 15 is 0 Å². The summed E-state index contributed by atoms with van der Waals surface area (Å²) in [4.78, 5) is 49.0. The van der Waals surface area contributed by atoms with Gasteiger partial charge < -0.3 is 18.9 Å². The average molecular weight is 581 g/mol. The molecule has 3 aromatic carbocycles. The van der Waals surface area contributed by atoms with Gasteiger partial charge in [0.1, 0.15) is 23.0 Å². The van der Waals surface area contributed by atoms with Gasteiger partial charge in [-0.2, -0.15) is 0 Å². The van der Waals surface area contributed by atoms with Gasteiger partial charge in [-0.05, 0) is 75.6 Å². The molecule has 0 aromatic heterocycles. The lowest BCUT2D eigenvalue weighted by atomic mass is 9.94. The molecule has 8 heteroatoms. The first-order valence-corrected chi connectivity index (χ1v) is 13.1. The Morgan fingerprint density at radius 3 is 1.28 bits per heavy atom. The summed E-state index contributed by atoms with van der Waals surface area (Å²) in [6.45, 7) is 22.4. The molecule has 0 spiro atoms. The number of esters is 4. The average Bonchev–Trinajstić information content (AvgIpc) is 2.93. The molecule has 0 bridgehead atoms. The van der Waals surface area contributed by atoms with Crippen LogP contribution in [0.2, 0.25) is 0 Å². The minimum Gasteiger partial charge on any atom is -0.423 e. The van der Waals surface area contributed by atoms with Crippen LogP contribution in [0.3, 0.4) is 0 Å². The Morgan fingerprint density at radius 1 is 0.488 bits per heavy atom. The van der Waals surface area contributed by atoms with Crippen LogP contribution in [0.4, 0.5) is 0 Å². The second-order valence-electron chi connectivity index (χ2n) is 10.0. The van der Waals surface area contributed by atoms with Crippen LogP contribution in [-0.2, 0) is 19.2 Å². The van der Waals surface area contributed by atoms with Crippen LogP contribution in [0.1, 0.15) is 33.3 Å². The topological polar surface area (TPSA) is 105 Å². The number of carbonyl (C=O) groups excluding carboxylic acids is 4. The van der Waals surface area contributed by atoms with Crippen molar-refractivity contribution in [2.24, 2.45) is 0 Å². The van der Waals surface area contributed by atoms with Crippen LogP contribution in [0.5, 0.6) is 23.0 Å². The van der Waals surface area contributed by atoms with Gasteiger partial charge in [0.15, 0.2) is 0 Å². The summed E-state index contributed by atoms with van der Waals surface area (Å²) in [6, 6.07) is 14.9. The lowest BCUT2D eigenvalue weighted by Gasteiger charge is -2.16. The van der Waals surface area contributed by atoms with Crippen molar-refractivity contribution in [2.45, 2.75) is 34.6 Å². The van der Waals surface area contributed by atoms with Crippen LogP contribution in [0.15, 0.2) is 103 Å². The van der Waals surface area contributed by atoms with Gasteiger partial charge in [-0.15, -0.1) is 0 Å². The van der Waals surface area contributed by atoms with Crippen LogP contribution in [-0.4, -0.2) is 23.9 Å². The van der Waals surface area contributed by atoms with Gasteiger partial charge in [0.2, 0.25) is 0 Å². The SMILES string of the molecule is C=C(C)C(=O)Oc1ccc(-c2ccc(-c3ccc(OC(=O)C(=C)C)cc3OC(=O)C(=C)C)c(C)c2)c(OC(=O)C(=C)C)c1. The highest BCUT2D eigenvalue weighted by molar-refractivity contribution is 5.93. The number of ether oxygens (including phenoxy) is 4. The van der Waals surface area contributed by atoms with E-state index < -0.39 is 23.9 Å². The van der Waals surface area contributed by atoms with Gasteiger partial charge in [-0.1, -0.05) is 44.5 Å². The van der Waals surface area contributed by atoms with Crippen molar-refractivity contribution >= 4 is 23.9 Å². The number of hydrogen-bond donors (Lipinski definition) is 0. The quantitative estimate of drug-likeness (QED) is 0.140. The summed E-state index contributed by atoms with van der Waals surface area (Å²) >= 11 is 0. The van der Waals surface area contributed by atoms with E-state index in [9.17, 15) is 19.2 Å². The molecule has 0 saturated heterocycles. The summed E-state index contributed by atoms with van der Waals surface area (Å²) in [5, 5.41) is 0. The summed E-state index contributed by atoms with van der Waals surface area (Å²) in [5.74, 6) is -1.85. The third kappa shape index (κ3) is 8.04. The van der Waals surface area contributed by atoms with Crippen molar-refractivity contribution in [1.82, 2.24) is 0 Å². The van der Waals surface area contributed by atoms with E-state index in [1.165, 1.54) is 39.8 Å². The zero-order valence-electron chi connectivity index (χ0n) is 24.8. The van der Waals surface area contributed by atoms with E-state index in [-0.39, 0.29) is 45.3 Å². The van der Waals surface area contributed by atoms with Crippen molar-refractivity contribution < 1.29 is 38.1 Å². The Kier molecular flexibility index (Phi) is 10.0. The minimum absolute atomic E-state index is 0.159. The number of aryl methyl sites for hydroxylation is 1. The Morgan fingerprint density at radius 2 is 0.860 bits per heavy atom. The van der Waals surface area contributed by atoms with E-state index in [1.54, 1.807) is 30.3 Å². The minimum atomic E-state index is -0.644. The molecular weight excluding hydrogens is 548 g/mol. The third-order valence-corrected chi connectivity index (χ3v) is 5.95. The van der Waals surface area contributed by atoms with E-state index in [4.69, 9.17) is 18.9 Å². The second-order valence-corrected chi connectivity index (χ2v) is 10.0. The number of rotatable bonds is 10. The van der Waals surface area contributed by atoms with Gasteiger partial charge in [0.05, 0.1) is 0 Å². The molecule has 0 saturated carbocycles. The van der Waals surface area contributed by atoms with Crippen molar-refractivity contribution in [3.05, 3.63) is 109 Å². The second kappa shape index (κ2) is 13.4. The van der Waals surface area contributed by atoms with Gasteiger partial charge in [0, 0.05) is 45.6 Å². The van der Waals surface area contributed by atoms with E-state index in [0.29, 0.717) is 16.7 Å². The van der Waals surface area contributed by atoms with Crippen LogP contribution < -0.4 is 18.9 Å². The maximum absolute atomic E-state index is 12.4. The molecule has 3 aromatic rings. The van der Waals surface area contributed by atoms with Gasteiger partial charge in [0.25, 0.3) is 0 Å². The van der Waals surface area contributed by atoms with Crippen molar-refractivity contribution in [2.75, 3.05) is 0 Å². The molecule has 0 aliphatic rings. The third-order valence-electron chi connectivity index (χ3n) is 5.95. The van der Waals surface area contributed by atoms with Crippen molar-refractivity contribution in [3.63, 3.8) is 0 Å². The first-order valence-electron chi connectivity index (χ1n) is 13.1. The molecule has 0 N–H and O–H groups in total. The van der Waals surface area contributed by atoms with Gasteiger partial charge in [-0.3, -0.25) is 0 Å². The number of hydrogen-bond acceptors (Lipinski definition) is 8. The van der Waals surface area contributed by atoms with Crippen LogP contribution in [0, 0.1) is 6.92 Å². The van der Waals surface area contributed by atoms with Crippen molar-refractivity contribution in [1.29, 1.82) is 0 Å². The van der Waals surface area contributed by atoms with Crippen LogP contribution >= 0.6 is 0 Å². The summed E-state index contributed by atoms with van der Waals surface area (Å²) in [7, 11) is 0. The molecule has 43 heavy (non-hydrogen) atoms. The fourth-order valence-corrected chi connectivity index (χ4v) is 3.66. The first-order chi connectivity index (χ1) is 20.2. The smallest absolute Gasteiger partial charge is 0.338 e. The Balaban J connectivity index is 2.09. The maximum Gasteiger partial charge on any atom is 0.338 e. The van der Waals surface area contributed by atoms with E-state index in [0.717, 1.165) is 11.1 Å². The van der Waals surface area contributed by atoms with Gasteiger partial charge >= 0.3 is 23.9 Å². The summed E-state index contributed by atoms with van der Waals surface area (Å²) < 4.78 is 21.8. The Hall–Kier alpha value is -5.50. The van der Waals surface area contributed by atoms with E-state index in [1.807, 2.05) is 19.1 Å². The molecule has 8 nitrogen and oxygen atoms in total. The Labute approximate surface area is 250 Å². The van der Waals surface area contributed by atoms with Crippen molar-refractivity contribution in [3.8, 4) is 45.3 Å². The lowest BCUT2D eigenvalue weighted by molar-refractivity contribution is -0.131. The normalized spacial score (nSPS) is 10.3. The molecule has 3 rings (SSSR count). The standard InChI is InChI=1S/C35H32O8/c1-19(2)32(36)40-25-11-14-28(30(17-25)42-34(38)21(5)6)24-10-13-27(23(9)16-24)29-15-12-26(41-33(37)20(3)4)18-31(29)43-35(39)22(7)8/h10-18H,1,3,5,7H2,2,4,6,8-9H3. The number of carbonyl (C=O) groups is 4. The summed E-state index contributed by atoms with van der Waals surface area (Å²) in [5.41, 5.74) is 4.12. The highest BCUT2D eigenvalue weighted by atomic mass is 16.6. The van der Waals surface area contributed by atoms with E-state index in [2.05, 4.69) is 26.3 Å². The molecule has 0 aliphatic heterocycles. The fraction of sp³-hybridized carbons (Fsp3) is 0.143. The molecule has 220 valence electrons. The largest absolute Gasteiger partial charge is 0.423 e. The first kappa shape index (κ1) is 32.0. The molecule has 0 fully saturated rings. The monoisotopic (exact) mass is 580 g/mol. The fourth-order valence-electron chi connectivity index (χ4n) is 3.66. The highest BCUT2D eigenvalue weighted by Crippen LogP contribution is 2.40. The molecule has 0 radical (unpaired) electrons. The molecule has 0 atom stereocenters.